The van der Waals surface area contributed by atoms with E-state index in [1.807, 2.05) is 6.92 Å². The standard InChI is InChI=1S/C20H33NO2/c1-18(22)10-11-19(2)13(12-18)4-5-14-15-6-7-17(21-23)20(15,3)9-8-16(14)19/h13-16,22-23H,4-12H2,1-3H3/b21-17-/t13-,14?,15?,16?,18-,19-,20-/m0/s1. The van der Waals surface area contributed by atoms with Gasteiger partial charge in [-0.2, -0.15) is 0 Å². The van der Waals surface area contributed by atoms with Crippen molar-refractivity contribution in [2.45, 2.75) is 84.2 Å². The van der Waals surface area contributed by atoms with Crippen molar-refractivity contribution in [2.75, 3.05) is 0 Å². The van der Waals surface area contributed by atoms with E-state index in [4.69, 9.17) is 0 Å². The van der Waals surface area contributed by atoms with Gasteiger partial charge in [0.1, 0.15) is 0 Å². The monoisotopic (exact) mass is 319 g/mol. The van der Waals surface area contributed by atoms with Gasteiger partial charge in [-0.1, -0.05) is 19.0 Å². The van der Waals surface area contributed by atoms with Gasteiger partial charge < -0.3 is 10.3 Å². The molecule has 4 aliphatic carbocycles. The molecule has 0 aromatic rings. The maximum Gasteiger partial charge on any atom is 0.0632 e. The Morgan fingerprint density at radius 1 is 0.957 bits per heavy atom. The number of oxime groups is 1. The summed E-state index contributed by atoms with van der Waals surface area (Å²) >= 11 is 0. The largest absolute Gasteiger partial charge is 0.411 e. The van der Waals surface area contributed by atoms with E-state index in [0.717, 1.165) is 36.8 Å². The van der Waals surface area contributed by atoms with E-state index in [1.54, 1.807) is 0 Å². The fourth-order valence-corrected chi connectivity index (χ4v) is 7.38. The summed E-state index contributed by atoms with van der Waals surface area (Å²) < 4.78 is 0. The van der Waals surface area contributed by atoms with Crippen molar-refractivity contribution in [2.24, 2.45) is 39.7 Å². The quantitative estimate of drug-likeness (QED) is 0.506. The van der Waals surface area contributed by atoms with Gasteiger partial charge in [0, 0.05) is 5.41 Å². The number of hydrogen-bond donors (Lipinski definition) is 2. The minimum absolute atomic E-state index is 0.152. The maximum absolute atomic E-state index is 10.5. The van der Waals surface area contributed by atoms with E-state index < -0.39 is 5.60 Å². The molecule has 4 saturated carbocycles. The smallest absolute Gasteiger partial charge is 0.0632 e. The molecule has 130 valence electrons. The van der Waals surface area contributed by atoms with Crippen molar-refractivity contribution in [3.8, 4) is 0 Å². The molecule has 3 heteroatoms. The van der Waals surface area contributed by atoms with Gasteiger partial charge in [0.2, 0.25) is 0 Å². The molecular weight excluding hydrogens is 286 g/mol. The van der Waals surface area contributed by atoms with E-state index in [9.17, 15) is 10.3 Å². The Labute approximate surface area is 140 Å². The van der Waals surface area contributed by atoms with Crippen LogP contribution in [0.1, 0.15) is 78.6 Å². The highest BCUT2D eigenvalue weighted by Gasteiger charge is 2.60. The van der Waals surface area contributed by atoms with E-state index >= 15 is 0 Å². The summed E-state index contributed by atoms with van der Waals surface area (Å²) in [5.41, 5.74) is 1.20. The van der Waals surface area contributed by atoms with E-state index in [0.29, 0.717) is 17.3 Å². The van der Waals surface area contributed by atoms with Crippen LogP contribution in [-0.4, -0.2) is 21.6 Å². The number of nitrogens with zero attached hydrogens (tertiary/aromatic N) is 1. The fraction of sp³-hybridized carbons (Fsp3) is 0.950. The van der Waals surface area contributed by atoms with Gasteiger partial charge >= 0.3 is 0 Å². The van der Waals surface area contributed by atoms with Crippen LogP contribution in [0.3, 0.4) is 0 Å². The molecule has 0 spiro atoms. The SMILES string of the molecule is C[C@]1(O)CC[C@]2(C)C3CC[C@]4(C)/C(=N\O)CCC4C3CC[C@H]2C1. The summed E-state index contributed by atoms with van der Waals surface area (Å²) in [7, 11) is 0. The average Bonchev–Trinajstić information content (AvgIpc) is 2.84. The summed E-state index contributed by atoms with van der Waals surface area (Å²) in [5, 5.41) is 23.6. The van der Waals surface area contributed by atoms with E-state index in [1.165, 1.54) is 38.5 Å². The first-order valence-electron chi connectivity index (χ1n) is 9.74. The Bertz CT molecular complexity index is 528. The van der Waals surface area contributed by atoms with Gasteiger partial charge in [-0.25, -0.2) is 0 Å². The van der Waals surface area contributed by atoms with Gasteiger partial charge in [0.25, 0.3) is 0 Å². The Balaban J connectivity index is 1.63. The summed E-state index contributed by atoms with van der Waals surface area (Å²) in [4.78, 5) is 0. The minimum Gasteiger partial charge on any atom is -0.411 e. The fourth-order valence-electron chi connectivity index (χ4n) is 7.38. The molecule has 4 aliphatic rings. The Morgan fingerprint density at radius 2 is 1.74 bits per heavy atom. The minimum atomic E-state index is -0.440. The van der Waals surface area contributed by atoms with Crippen LogP contribution < -0.4 is 0 Å². The molecule has 0 amide bonds. The summed E-state index contributed by atoms with van der Waals surface area (Å²) in [6.45, 7) is 6.93. The first-order valence-corrected chi connectivity index (χ1v) is 9.74. The molecule has 2 N–H and O–H groups in total. The summed E-state index contributed by atoms with van der Waals surface area (Å²) in [6, 6.07) is 0. The lowest BCUT2D eigenvalue weighted by molar-refractivity contribution is -0.137. The molecule has 3 unspecified atom stereocenters. The van der Waals surface area contributed by atoms with Crippen molar-refractivity contribution >= 4 is 5.71 Å². The zero-order chi connectivity index (χ0) is 16.5. The molecule has 0 aliphatic heterocycles. The van der Waals surface area contributed by atoms with Crippen LogP contribution in [-0.2, 0) is 0 Å². The Kier molecular flexibility index (Phi) is 3.44. The second-order valence-electron chi connectivity index (χ2n) is 9.90. The van der Waals surface area contributed by atoms with Crippen LogP contribution >= 0.6 is 0 Å². The predicted molar refractivity (Wildman–Crippen MR) is 91.6 cm³/mol. The first kappa shape index (κ1) is 15.9. The number of rotatable bonds is 0. The molecule has 0 radical (unpaired) electrons. The molecular formula is C20H33NO2. The van der Waals surface area contributed by atoms with Crippen LogP contribution in [0.5, 0.6) is 0 Å². The highest BCUT2D eigenvalue weighted by Crippen LogP contribution is 2.66. The van der Waals surface area contributed by atoms with Crippen LogP contribution in [0.25, 0.3) is 0 Å². The molecule has 0 aromatic heterocycles. The van der Waals surface area contributed by atoms with Crippen LogP contribution in [0.15, 0.2) is 5.16 Å². The third kappa shape index (κ3) is 2.14. The van der Waals surface area contributed by atoms with Crippen molar-refractivity contribution in [1.29, 1.82) is 0 Å². The van der Waals surface area contributed by atoms with Crippen LogP contribution in [0.2, 0.25) is 0 Å². The molecule has 0 heterocycles. The van der Waals surface area contributed by atoms with Crippen molar-refractivity contribution in [3.63, 3.8) is 0 Å². The zero-order valence-corrected chi connectivity index (χ0v) is 15.0. The lowest BCUT2D eigenvalue weighted by Crippen LogP contribution is -2.55. The maximum atomic E-state index is 10.5. The van der Waals surface area contributed by atoms with Gasteiger partial charge in [0.05, 0.1) is 11.3 Å². The molecule has 0 bridgehead atoms. The normalized spacial score (nSPS) is 57.7. The summed E-state index contributed by atoms with van der Waals surface area (Å²) in [6.07, 6.45) is 10.4. The zero-order valence-electron chi connectivity index (χ0n) is 15.0. The van der Waals surface area contributed by atoms with Crippen molar-refractivity contribution in [3.05, 3.63) is 0 Å². The molecule has 3 nitrogen and oxygen atoms in total. The molecule has 4 fully saturated rings. The molecule has 23 heavy (non-hydrogen) atoms. The average molecular weight is 319 g/mol. The van der Waals surface area contributed by atoms with Crippen LogP contribution in [0.4, 0.5) is 0 Å². The predicted octanol–water partition coefficient (Wildman–Crippen LogP) is 4.61. The van der Waals surface area contributed by atoms with Gasteiger partial charge in [0.15, 0.2) is 0 Å². The lowest BCUT2D eigenvalue weighted by Gasteiger charge is -2.61. The van der Waals surface area contributed by atoms with Gasteiger partial charge in [-0.05, 0) is 93.8 Å². The van der Waals surface area contributed by atoms with Crippen molar-refractivity contribution in [1.82, 2.24) is 0 Å². The third-order valence-electron chi connectivity index (χ3n) is 8.82. The molecule has 7 atom stereocenters. The van der Waals surface area contributed by atoms with Crippen molar-refractivity contribution < 1.29 is 10.3 Å². The number of hydrogen-bond acceptors (Lipinski definition) is 3. The highest BCUT2D eigenvalue weighted by molar-refractivity contribution is 5.91. The van der Waals surface area contributed by atoms with Gasteiger partial charge in [-0.3, -0.25) is 0 Å². The number of fused-ring (bicyclic) bond motifs is 5. The number of aliphatic hydroxyl groups is 1. The summed E-state index contributed by atoms with van der Waals surface area (Å²) in [5.74, 6) is 3.03. The molecule has 0 saturated heterocycles. The second kappa shape index (κ2) is 4.97. The second-order valence-corrected chi connectivity index (χ2v) is 9.90. The van der Waals surface area contributed by atoms with Gasteiger partial charge in [-0.15, -0.1) is 0 Å². The molecule has 4 rings (SSSR count). The van der Waals surface area contributed by atoms with Crippen LogP contribution in [0, 0.1) is 34.5 Å². The van der Waals surface area contributed by atoms with E-state index in [2.05, 4.69) is 19.0 Å². The lowest BCUT2D eigenvalue weighted by atomic mass is 9.44. The Morgan fingerprint density at radius 3 is 2.48 bits per heavy atom. The highest BCUT2D eigenvalue weighted by atomic mass is 16.4. The Hall–Kier alpha value is -0.570. The van der Waals surface area contributed by atoms with E-state index in [-0.39, 0.29) is 5.41 Å². The first-order chi connectivity index (χ1) is 10.8. The topological polar surface area (TPSA) is 52.8 Å². The third-order valence-corrected chi connectivity index (χ3v) is 8.82. The molecule has 0 aromatic carbocycles.